The first-order chi connectivity index (χ1) is 10.7. The van der Waals surface area contributed by atoms with Gasteiger partial charge in [0, 0.05) is 12.2 Å². The van der Waals surface area contributed by atoms with Gasteiger partial charge >= 0.3 is 0 Å². The van der Waals surface area contributed by atoms with Crippen molar-refractivity contribution in [3.05, 3.63) is 23.8 Å². The normalized spacial score (nSPS) is 12.5. The molecule has 1 rings (SSSR count). The van der Waals surface area contributed by atoms with Gasteiger partial charge in [-0.3, -0.25) is 0 Å². The fourth-order valence-electron chi connectivity index (χ4n) is 2.65. The lowest BCUT2D eigenvalue weighted by Gasteiger charge is -2.20. The average molecular weight is 308 g/mol. The minimum absolute atomic E-state index is 0.0324. The Balaban J connectivity index is 2.54. The third-order valence-corrected chi connectivity index (χ3v) is 4.03. The van der Waals surface area contributed by atoms with Crippen LogP contribution in [0.15, 0.2) is 18.2 Å². The summed E-state index contributed by atoms with van der Waals surface area (Å²) in [6, 6.07) is 5.12. The molecule has 0 saturated heterocycles. The lowest BCUT2D eigenvalue weighted by atomic mass is 10.0. The summed E-state index contributed by atoms with van der Waals surface area (Å²) in [6.07, 6.45) is 10.2. The molecule has 1 aromatic rings. The number of hydrogen-bond donors (Lipinski definition) is 2. The molecule has 0 aliphatic rings. The zero-order valence-electron chi connectivity index (χ0n) is 14.2. The maximum Gasteiger partial charge on any atom is 0.163 e. The standard InChI is InChI=1S/C19H32O3/c1-3-5-7-8-10-15-22-18(14-9-6-4-2)16-12-11-13-17(20)19(16)21/h11-13,18,20-21H,3-10,14-15H2,1-2H3. The summed E-state index contributed by atoms with van der Waals surface area (Å²) in [5.74, 6) is -0.0977. The Kier molecular flexibility index (Phi) is 9.72. The molecule has 0 aliphatic heterocycles. The van der Waals surface area contributed by atoms with Gasteiger partial charge in [-0.1, -0.05) is 70.9 Å². The lowest BCUT2D eigenvalue weighted by Crippen LogP contribution is -2.06. The third-order valence-electron chi connectivity index (χ3n) is 4.03. The Hall–Kier alpha value is -1.22. The molecule has 2 N–H and O–H groups in total. The maximum atomic E-state index is 10.1. The van der Waals surface area contributed by atoms with Crippen LogP contribution in [0.4, 0.5) is 0 Å². The van der Waals surface area contributed by atoms with Gasteiger partial charge in [-0.2, -0.15) is 0 Å². The number of benzene rings is 1. The van der Waals surface area contributed by atoms with Crippen molar-refractivity contribution in [2.24, 2.45) is 0 Å². The Bertz CT molecular complexity index is 404. The predicted octanol–water partition coefficient (Wildman–Crippen LogP) is 5.71. The van der Waals surface area contributed by atoms with Gasteiger partial charge in [-0.05, 0) is 18.9 Å². The molecule has 0 aromatic heterocycles. The summed E-state index contributed by atoms with van der Waals surface area (Å²) in [7, 11) is 0. The molecule has 0 saturated carbocycles. The quantitative estimate of drug-likeness (QED) is 0.384. The number of phenolic OH excluding ortho intramolecular Hbond substituents is 2. The minimum Gasteiger partial charge on any atom is -0.504 e. The van der Waals surface area contributed by atoms with E-state index >= 15 is 0 Å². The van der Waals surface area contributed by atoms with E-state index in [-0.39, 0.29) is 17.6 Å². The molecule has 3 nitrogen and oxygen atoms in total. The molecular weight excluding hydrogens is 276 g/mol. The Labute approximate surface area is 135 Å². The van der Waals surface area contributed by atoms with Crippen molar-refractivity contribution in [1.29, 1.82) is 0 Å². The molecule has 0 radical (unpaired) electrons. The lowest BCUT2D eigenvalue weighted by molar-refractivity contribution is 0.0404. The van der Waals surface area contributed by atoms with Gasteiger partial charge in [0.1, 0.15) is 0 Å². The Morgan fingerprint density at radius 3 is 2.32 bits per heavy atom. The Morgan fingerprint density at radius 1 is 0.909 bits per heavy atom. The smallest absolute Gasteiger partial charge is 0.163 e. The molecule has 0 heterocycles. The number of phenols is 2. The summed E-state index contributed by atoms with van der Waals surface area (Å²) in [4.78, 5) is 0. The third kappa shape index (κ3) is 6.69. The summed E-state index contributed by atoms with van der Waals surface area (Å²) in [6.45, 7) is 5.11. The molecule has 0 spiro atoms. The molecule has 0 fully saturated rings. The van der Waals surface area contributed by atoms with Gasteiger partial charge in [-0.25, -0.2) is 0 Å². The van der Waals surface area contributed by atoms with Gasteiger partial charge < -0.3 is 14.9 Å². The second-order valence-corrected chi connectivity index (χ2v) is 5.98. The molecular formula is C19H32O3. The van der Waals surface area contributed by atoms with E-state index in [0.717, 1.165) is 38.7 Å². The highest BCUT2D eigenvalue weighted by atomic mass is 16.5. The average Bonchev–Trinajstić information content (AvgIpc) is 2.52. The van der Waals surface area contributed by atoms with E-state index in [0.29, 0.717) is 5.56 Å². The number of unbranched alkanes of at least 4 members (excludes halogenated alkanes) is 6. The molecule has 126 valence electrons. The van der Waals surface area contributed by atoms with Crippen LogP contribution in [-0.4, -0.2) is 16.8 Å². The number of para-hydroxylation sites is 1. The van der Waals surface area contributed by atoms with E-state index in [9.17, 15) is 10.2 Å². The summed E-state index contributed by atoms with van der Waals surface area (Å²) >= 11 is 0. The fourth-order valence-corrected chi connectivity index (χ4v) is 2.65. The summed E-state index contributed by atoms with van der Waals surface area (Å²) in [5.41, 5.74) is 0.713. The van der Waals surface area contributed by atoms with Crippen LogP contribution in [0.5, 0.6) is 11.5 Å². The topological polar surface area (TPSA) is 49.7 Å². The molecule has 1 unspecified atom stereocenters. The monoisotopic (exact) mass is 308 g/mol. The predicted molar refractivity (Wildman–Crippen MR) is 91.4 cm³/mol. The first-order valence-corrected chi connectivity index (χ1v) is 8.83. The molecule has 0 amide bonds. The van der Waals surface area contributed by atoms with Crippen molar-refractivity contribution < 1.29 is 14.9 Å². The van der Waals surface area contributed by atoms with Crippen molar-refractivity contribution in [3.8, 4) is 11.5 Å². The minimum atomic E-state index is -0.121. The highest BCUT2D eigenvalue weighted by Gasteiger charge is 2.17. The highest BCUT2D eigenvalue weighted by Crippen LogP contribution is 2.36. The van der Waals surface area contributed by atoms with Crippen molar-refractivity contribution in [2.75, 3.05) is 6.61 Å². The van der Waals surface area contributed by atoms with Crippen LogP contribution in [0.2, 0.25) is 0 Å². The van der Waals surface area contributed by atoms with Crippen molar-refractivity contribution >= 4 is 0 Å². The molecule has 3 heteroatoms. The maximum absolute atomic E-state index is 10.1. The summed E-state index contributed by atoms with van der Waals surface area (Å²) in [5, 5.41) is 19.8. The number of aromatic hydroxyl groups is 2. The van der Waals surface area contributed by atoms with Crippen molar-refractivity contribution in [3.63, 3.8) is 0 Å². The molecule has 1 aromatic carbocycles. The molecule has 0 aliphatic carbocycles. The van der Waals surface area contributed by atoms with Crippen LogP contribution in [0.1, 0.15) is 83.3 Å². The Morgan fingerprint density at radius 2 is 1.59 bits per heavy atom. The van der Waals surface area contributed by atoms with Crippen molar-refractivity contribution in [2.45, 2.75) is 77.7 Å². The SMILES string of the molecule is CCCCCCCOC(CCCCC)c1cccc(O)c1O. The van der Waals surface area contributed by atoms with Crippen LogP contribution in [-0.2, 0) is 4.74 Å². The second-order valence-electron chi connectivity index (χ2n) is 5.98. The van der Waals surface area contributed by atoms with E-state index in [1.165, 1.54) is 31.7 Å². The van der Waals surface area contributed by atoms with Gasteiger partial charge in [0.05, 0.1) is 6.10 Å². The zero-order valence-corrected chi connectivity index (χ0v) is 14.2. The number of rotatable bonds is 12. The van der Waals surface area contributed by atoms with E-state index in [1.54, 1.807) is 6.07 Å². The molecule has 0 bridgehead atoms. The number of hydrogen-bond acceptors (Lipinski definition) is 3. The summed E-state index contributed by atoms with van der Waals surface area (Å²) < 4.78 is 6.02. The van der Waals surface area contributed by atoms with E-state index < -0.39 is 0 Å². The first-order valence-electron chi connectivity index (χ1n) is 8.83. The van der Waals surface area contributed by atoms with E-state index in [4.69, 9.17) is 4.74 Å². The van der Waals surface area contributed by atoms with E-state index in [1.807, 2.05) is 6.07 Å². The van der Waals surface area contributed by atoms with Crippen LogP contribution in [0.3, 0.4) is 0 Å². The van der Waals surface area contributed by atoms with Crippen LogP contribution in [0, 0.1) is 0 Å². The van der Waals surface area contributed by atoms with Crippen LogP contribution in [0.25, 0.3) is 0 Å². The van der Waals surface area contributed by atoms with Crippen LogP contribution >= 0.6 is 0 Å². The fraction of sp³-hybridized carbons (Fsp3) is 0.684. The largest absolute Gasteiger partial charge is 0.504 e. The zero-order chi connectivity index (χ0) is 16.2. The molecule has 22 heavy (non-hydrogen) atoms. The van der Waals surface area contributed by atoms with Gasteiger partial charge in [0.25, 0.3) is 0 Å². The number of ether oxygens (including phenoxy) is 1. The second kappa shape index (κ2) is 11.4. The van der Waals surface area contributed by atoms with Gasteiger partial charge in [0.2, 0.25) is 0 Å². The van der Waals surface area contributed by atoms with Crippen molar-refractivity contribution in [1.82, 2.24) is 0 Å². The molecule has 1 atom stereocenters. The highest BCUT2D eigenvalue weighted by molar-refractivity contribution is 5.45. The van der Waals surface area contributed by atoms with Gasteiger partial charge in [0.15, 0.2) is 11.5 Å². The van der Waals surface area contributed by atoms with E-state index in [2.05, 4.69) is 13.8 Å². The van der Waals surface area contributed by atoms with Crippen LogP contribution < -0.4 is 0 Å². The first kappa shape index (κ1) is 18.8. The van der Waals surface area contributed by atoms with Gasteiger partial charge in [-0.15, -0.1) is 0 Å².